The molecule has 7 heteroatoms. The van der Waals surface area contributed by atoms with Crippen molar-refractivity contribution < 1.29 is 4.79 Å². The molecule has 3 heterocycles. The summed E-state index contributed by atoms with van der Waals surface area (Å²) in [6, 6.07) is 2.22. The van der Waals surface area contributed by atoms with E-state index < -0.39 is 0 Å². The Morgan fingerprint density at radius 3 is 2.84 bits per heavy atom. The van der Waals surface area contributed by atoms with Crippen molar-refractivity contribution in [2.24, 2.45) is 0 Å². The molecule has 1 amide bonds. The maximum Gasteiger partial charge on any atom is 0.242 e. The maximum atomic E-state index is 12.8. The van der Waals surface area contributed by atoms with E-state index in [0.29, 0.717) is 6.04 Å². The molecule has 2 atom stereocenters. The first-order chi connectivity index (χ1) is 12.0. The minimum atomic E-state index is -0.181. The van der Waals surface area contributed by atoms with Crippen LogP contribution >= 0.6 is 0 Å². The van der Waals surface area contributed by atoms with Crippen LogP contribution in [-0.4, -0.2) is 49.0 Å². The fraction of sp³-hybridized carbons (Fsp3) is 0.611. The molecule has 0 spiro atoms. The minimum absolute atomic E-state index is 0.0194. The van der Waals surface area contributed by atoms with Crippen LogP contribution in [0, 0.1) is 6.92 Å². The lowest BCUT2D eigenvalue weighted by Gasteiger charge is -2.30. The van der Waals surface area contributed by atoms with Gasteiger partial charge in [0.1, 0.15) is 5.82 Å². The molecule has 25 heavy (non-hydrogen) atoms. The number of amides is 1. The molecule has 2 aromatic heterocycles. The fourth-order valence-corrected chi connectivity index (χ4v) is 3.55. The van der Waals surface area contributed by atoms with Crippen molar-refractivity contribution in [1.82, 2.24) is 24.5 Å². The van der Waals surface area contributed by atoms with Crippen LogP contribution in [-0.2, 0) is 11.3 Å². The number of nitrogens with zero attached hydrogens (tertiary/aromatic N) is 5. The van der Waals surface area contributed by atoms with Gasteiger partial charge in [0.2, 0.25) is 5.91 Å². The van der Waals surface area contributed by atoms with Gasteiger partial charge in [0.15, 0.2) is 0 Å². The van der Waals surface area contributed by atoms with Crippen molar-refractivity contribution in [3.8, 4) is 0 Å². The standard InChI is InChI=1S/C18H28N6O/c1-13(2)24-17(7-8-19-24)21-18(25)15(4)23-9-5-6-16(23)12-22-11-14(3)10-20-22/h7-8,10-11,13,15-16H,5-6,9,12H2,1-4H3,(H,21,25)/t15-,16+/m1/s1. The van der Waals surface area contributed by atoms with Crippen LogP contribution in [0.3, 0.4) is 0 Å². The SMILES string of the molecule is Cc1cnn(C[C@@H]2CCCN2[C@H](C)C(=O)Nc2ccnn2C(C)C)c1. The van der Waals surface area contributed by atoms with Gasteiger partial charge in [-0.25, -0.2) is 4.68 Å². The predicted octanol–water partition coefficient (Wildman–Crippen LogP) is 2.46. The van der Waals surface area contributed by atoms with Crippen LogP contribution in [0.25, 0.3) is 0 Å². The highest BCUT2D eigenvalue weighted by Gasteiger charge is 2.32. The lowest BCUT2D eigenvalue weighted by molar-refractivity contribution is -0.121. The van der Waals surface area contributed by atoms with Crippen molar-refractivity contribution in [2.45, 2.75) is 65.2 Å². The van der Waals surface area contributed by atoms with Gasteiger partial charge < -0.3 is 5.32 Å². The smallest absolute Gasteiger partial charge is 0.242 e. The number of hydrogen-bond donors (Lipinski definition) is 1. The molecule has 0 aromatic carbocycles. The van der Waals surface area contributed by atoms with Crippen LogP contribution < -0.4 is 5.32 Å². The first kappa shape index (κ1) is 17.7. The van der Waals surface area contributed by atoms with E-state index in [1.807, 2.05) is 35.5 Å². The molecule has 1 aliphatic heterocycles. The summed E-state index contributed by atoms with van der Waals surface area (Å²) in [6.07, 6.45) is 7.87. The lowest BCUT2D eigenvalue weighted by Crippen LogP contribution is -2.46. The average molecular weight is 344 g/mol. The molecule has 0 aliphatic carbocycles. The molecule has 3 rings (SSSR count). The zero-order chi connectivity index (χ0) is 18.0. The molecular weight excluding hydrogens is 316 g/mol. The van der Waals surface area contributed by atoms with Crippen LogP contribution in [0.4, 0.5) is 5.82 Å². The van der Waals surface area contributed by atoms with Crippen molar-refractivity contribution in [3.05, 3.63) is 30.2 Å². The summed E-state index contributed by atoms with van der Waals surface area (Å²) in [4.78, 5) is 15.1. The second-order valence-corrected chi connectivity index (χ2v) is 7.19. The number of hydrogen-bond acceptors (Lipinski definition) is 4. The number of carbonyl (C=O) groups excluding carboxylic acids is 1. The van der Waals surface area contributed by atoms with Crippen LogP contribution in [0.15, 0.2) is 24.7 Å². The van der Waals surface area contributed by atoms with Gasteiger partial charge in [-0.15, -0.1) is 0 Å². The molecule has 1 aliphatic rings. The Bertz CT molecular complexity index is 719. The van der Waals surface area contributed by atoms with Gasteiger partial charge in [0.05, 0.1) is 25.0 Å². The van der Waals surface area contributed by atoms with E-state index in [1.165, 1.54) is 0 Å². The van der Waals surface area contributed by atoms with Crippen LogP contribution in [0.1, 0.15) is 45.2 Å². The molecule has 1 N–H and O–H groups in total. The third-order valence-electron chi connectivity index (χ3n) is 4.87. The van der Waals surface area contributed by atoms with Crippen molar-refractivity contribution >= 4 is 11.7 Å². The minimum Gasteiger partial charge on any atom is -0.310 e. The van der Waals surface area contributed by atoms with Crippen LogP contribution in [0.2, 0.25) is 0 Å². The molecule has 7 nitrogen and oxygen atoms in total. The van der Waals surface area contributed by atoms with E-state index in [4.69, 9.17) is 0 Å². The Labute approximate surface area is 149 Å². The normalized spacial score (nSPS) is 19.5. The molecule has 136 valence electrons. The number of aryl methyl sites for hydroxylation is 1. The first-order valence-corrected chi connectivity index (χ1v) is 9.05. The van der Waals surface area contributed by atoms with E-state index in [0.717, 1.165) is 37.3 Å². The number of carbonyl (C=O) groups is 1. The first-order valence-electron chi connectivity index (χ1n) is 9.05. The Kier molecular flexibility index (Phi) is 5.22. The molecule has 0 bridgehead atoms. The number of rotatable bonds is 6. The van der Waals surface area contributed by atoms with E-state index in [9.17, 15) is 4.79 Å². The Balaban J connectivity index is 1.65. The summed E-state index contributed by atoms with van der Waals surface area (Å²) in [6.45, 7) is 9.91. The summed E-state index contributed by atoms with van der Waals surface area (Å²) < 4.78 is 3.81. The largest absolute Gasteiger partial charge is 0.310 e. The maximum absolute atomic E-state index is 12.8. The van der Waals surface area contributed by atoms with Gasteiger partial charge in [-0.2, -0.15) is 10.2 Å². The van der Waals surface area contributed by atoms with Crippen molar-refractivity contribution in [1.29, 1.82) is 0 Å². The van der Waals surface area contributed by atoms with Gasteiger partial charge in [-0.1, -0.05) is 0 Å². The molecule has 1 fully saturated rings. The van der Waals surface area contributed by atoms with Gasteiger partial charge in [-0.05, 0) is 52.6 Å². The topological polar surface area (TPSA) is 68.0 Å². The number of aromatic nitrogens is 4. The third-order valence-corrected chi connectivity index (χ3v) is 4.87. The zero-order valence-electron chi connectivity index (χ0n) is 15.5. The molecule has 2 aromatic rings. The number of nitrogens with one attached hydrogen (secondary N) is 1. The summed E-state index contributed by atoms with van der Waals surface area (Å²) in [5, 5.41) is 11.7. The van der Waals surface area contributed by atoms with E-state index in [2.05, 4.69) is 40.5 Å². The second-order valence-electron chi connectivity index (χ2n) is 7.19. The summed E-state index contributed by atoms with van der Waals surface area (Å²) in [7, 11) is 0. The molecule has 1 saturated heterocycles. The molecule has 0 radical (unpaired) electrons. The molecule has 0 saturated carbocycles. The summed E-state index contributed by atoms with van der Waals surface area (Å²) in [5.41, 5.74) is 1.16. The Morgan fingerprint density at radius 1 is 1.36 bits per heavy atom. The predicted molar refractivity (Wildman–Crippen MR) is 97.4 cm³/mol. The Hall–Kier alpha value is -2.15. The van der Waals surface area contributed by atoms with Gasteiger partial charge >= 0.3 is 0 Å². The van der Waals surface area contributed by atoms with Crippen LogP contribution in [0.5, 0.6) is 0 Å². The highest BCUT2D eigenvalue weighted by Crippen LogP contribution is 2.23. The fourth-order valence-electron chi connectivity index (χ4n) is 3.55. The Morgan fingerprint density at radius 2 is 2.16 bits per heavy atom. The lowest BCUT2D eigenvalue weighted by atomic mass is 10.2. The monoisotopic (exact) mass is 344 g/mol. The van der Waals surface area contributed by atoms with Gasteiger partial charge in [0, 0.05) is 24.3 Å². The number of anilines is 1. The zero-order valence-corrected chi connectivity index (χ0v) is 15.5. The van der Waals surface area contributed by atoms with Gasteiger partial charge in [-0.3, -0.25) is 14.4 Å². The average Bonchev–Trinajstić information content (AvgIpc) is 3.28. The quantitative estimate of drug-likeness (QED) is 0.874. The van der Waals surface area contributed by atoms with E-state index in [-0.39, 0.29) is 18.0 Å². The van der Waals surface area contributed by atoms with Crippen molar-refractivity contribution in [2.75, 3.05) is 11.9 Å². The number of likely N-dealkylation sites (tertiary alicyclic amines) is 1. The molecule has 0 unspecified atom stereocenters. The summed E-state index contributed by atoms with van der Waals surface area (Å²) >= 11 is 0. The van der Waals surface area contributed by atoms with Crippen molar-refractivity contribution in [3.63, 3.8) is 0 Å². The third kappa shape index (κ3) is 3.92. The highest BCUT2D eigenvalue weighted by molar-refractivity contribution is 5.93. The van der Waals surface area contributed by atoms with Gasteiger partial charge in [0.25, 0.3) is 0 Å². The summed E-state index contributed by atoms with van der Waals surface area (Å²) in [5.74, 6) is 0.774. The highest BCUT2D eigenvalue weighted by atomic mass is 16.2. The second kappa shape index (κ2) is 7.39. The van der Waals surface area contributed by atoms with E-state index in [1.54, 1.807) is 6.20 Å². The molecular formula is C18H28N6O. The van der Waals surface area contributed by atoms with E-state index >= 15 is 0 Å².